The molecule has 2 rings (SSSR count). The maximum Gasteiger partial charge on any atom is 0.193 e. The first-order chi connectivity index (χ1) is 13.5. The molecule has 0 radical (unpaired) electrons. The van der Waals surface area contributed by atoms with Gasteiger partial charge in [0.25, 0.3) is 0 Å². The molecule has 1 aromatic carbocycles. The van der Waals surface area contributed by atoms with Gasteiger partial charge < -0.3 is 19.7 Å². The summed E-state index contributed by atoms with van der Waals surface area (Å²) in [6, 6.07) is 8.17. The van der Waals surface area contributed by atoms with Gasteiger partial charge in [0.05, 0.1) is 18.8 Å². The highest BCUT2D eigenvalue weighted by Gasteiger charge is 2.12. The largest absolute Gasteiger partial charge is 0.494 e. The Morgan fingerprint density at radius 3 is 2.71 bits per heavy atom. The Labute approximate surface area is 172 Å². The smallest absolute Gasteiger partial charge is 0.193 e. The monoisotopic (exact) mass is 404 g/mol. The Bertz CT molecular complexity index is 730. The van der Waals surface area contributed by atoms with Crippen LogP contribution in [0, 0.1) is 6.92 Å². The van der Waals surface area contributed by atoms with Crippen LogP contribution >= 0.6 is 11.3 Å². The third kappa shape index (κ3) is 7.13. The number of aryl methyl sites for hydroxylation is 1. The van der Waals surface area contributed by atoms with E-state index in [1.807, 2.05) is 26.1 Å². The van der Waals surface area contributed by atoms with E-state index < -0.39 is 0 Å². The highest BCUT2D eigenvalue weighted by molar-refractivity contribution is 7.09. The molecule has 7 heteroatoms. The molecule has 0 aliphatic rings. The molecular weight excluding hydrogens is 372 g/mol. The second-order valence-corrected chi connectivity index (χ2v) is 7.64. The molecule has 154 valence electrons. The minimum atomic E-state index is 0.0311. The molecule has 1 heterocycles. The van der Waals surface area contributed by atoms with Gasteiger partial charge in [0, 0.05) is 33.1 Å². The van der Waals surface area contributed by atoms with Crippen LogP contribution in [-0.4, -0.2) is 50.2 Å². The Balaban J connectivity index is 1.67. The van der Waals surface area contributed by atoms with Gasteiger partial charge in [-0.05, 0) is 38.8 Å². The van der Waals surface area contributed by atoms with Crippen molar-refractivity contribution in [3.63, 3.8) is 0 Å². The van der Waals surface area contributed by atoms with Crippen molar-refractivity contribution in [1.82, 2.24) is 15.2 Å². The number of aliphatic imine (C=N–C) groups is 1. The average Bonchev–Trinajstić information content (AvgIpc) is 3.16. The fourth-order valence-corrected chi connectivity index (χ4v) is 3.48. The number of aromatic nitrogens is 1. The Morgan fingerprint density at radius 2 is 2.04 bits per heavy atom. The van der Waals surface area contributed by atoms with Gasteiger partial charge in [0.15, 0.2) is 5.96 Å². The number of nitrogens with zero attached hydrogens (tertiary/aromatic N) is 3. The minimum Gasteiger partial charge on any atom is -0.494 e. The number of unbranched alkanes of at least 4 members (excludes halogenated alkanes) is 1. The lowest BCUT2D eigenvalue weighted by Crippen LogP contribution is -2.39. The predicted molar refractivity (Wildman–Crippen MR) is 116 cm³/mol. The van der Waals surface area contributed by atoms with Crippen LogP contribution in [0.2, 0.25) is 0 Å². The molecule has 0 saturated heterocycles. The van der Waals surface area contributed by atoms with Gasteiger partial charge in [-0.25, -0.2) is 4.98 Å². The van der Waals surface area contributed by atoms with Crippen LogP contribution < -0.4 is 10.1 Å². The van der Waals surface area contributed by atoms with Crippen molar-refractivity contribution >= 4 is 17.3 Å². The van der Waals surface area contributed by atoms with Gasteiger partial charge in [0.1, 0.15) is 16.9 Å². The fourth-order valence-electron chi connectivity index (χ4n) is 2.64. The quantitative estimate of drug-likeness (QED) is 0.368. The highest BCUT2D eigenvalue weighted by Crippen LogP contribution is 2.20. The van der Waals surface area contributed by atoms with E-state index in [1.165, 1.54) is 5.56 Å². The fraction of sp³-hybridized carbons (Fsp3) is 0.524. The first-order valence-corrected chi connectivity index (χ1v) is 10.5. The molecule has 0 saturated carbocycles. The topological polar surface area (TPSA) is 59.0 Å². The SMILES string of the molecule is CN=C(NCCCCOc1ccc(C)cc1)N(C)Cc1csc(C(C)OC)n1. The van der Waals surface area contributed by atoms with Gasteiger partial charge in [-0.2, -0.15) is 0 Å². The van der Waals surface area contributed by atoms with Gasteiger partial charge in [-0.1, -0.05) is 17.7 Å². The van der Waals surface area contributed by atoms with Crippen LogP contribution in [0.5, 0.6) is 5.75 Å². The minimum absolute atomic E-state index is 0.0311. The molecule has 0 bridgehead atoms. The van der Waals surface area contributed by atoms with E-state index in [4.69, 9.17) is 9.47 Å². The van der Waals surface area contributed by atoms with Crippen molar-refractivity contribution in [2.24, 2.45) is 4.99 Å². The van der Waals surface area contributed by atoms with Gasteiger partial charge >= 0.3 is 0 Å². The first-order valence-electron chi connectivity index (χ1n) is 9.61. The second kappa shape index (κ2) is 11.7. The van der Waals surface area contributed by atoms with Gasteiger partial charge in [-0.3, -0.25) is 4.99 Å². The summed E-state index contributed by atoms with van der Waals surface area (Å²) in [6.45, 7) is 6.38. The number of rotatable bonds is 10. The van der Waals surface area contributed by atoms with Crippen molar-refractivity contribution in [3.8, 4) is 5.75 Å². The summed E-state index contributed by atoms with van der Waals surface area (Å²) in [6.07, 6.45) is 2.04. The summed E-state index contributed by atoms with van der Waals surface area (Å²) < 4.78 is 11.1. The van der Waals surface area contributed by atoms with Crippen LogP contribution in [-0.2, 0) is 11.3 Å². The number of benzene rings is 1. The standard InChI is InChI=1S/C21H32N4O2S/c1-16-8-10-19(11-9-16)27-13-7-6-12-23-21(22-3)25(4)14-18-15-28-20(24-18)17(2)26-5/h8-11,15,17H,6-7,12-14H2,1-5H3,(H,22,23). The Morgan fingerprint density at radius 1 is 1.29 bits per heavy atom. The van der Waals surface area contributed by atoms with Gasteiger partial charge in [-0.15, -0.1) is 11.3 Å². The van der Waals surface area contributed by atoms with E-state index in [2.05, 4.69) is 44.6 Å². The molecule has 0 aliphatic carbocycles. The van der Waals surface area contributed by atoms with E-state index in [1.54, 1.807) is 25.5 Å². The molecule has 6 nitrogen and oxygen atoms in total. The third-order valence-electron chi connectivity index (χ3n) is 4.39. The van der Waals surface area contributed by atoms with Crippen LogP contribution in [0.3, 0.4) is 0 Å². The van der Waals surface area contributed by atoms with Crippen molar-refractivity contribution in [2.75, 3.05) is 34.4 Å². The van der Waals surface area contributed by atoms with Crippen molar-refractivity contribution in [3.05, 3.63) is 45.9 Å². The summed E-state index contributed by atoms with van der Waals surface area (Å²) in [5.41, 5.74) is 2.27. The first kappa shape index (κ1) is 22.2. The molecule has 0 spiro atoms. The molecular formula is C21H32N4O2S. The van der Waals surface area contributed by atoms with E-state index in [0.29, 0.717) is 6.54 Å². The van der Waals surface area contributed by atoms with Crippen molar-refractivity contribution in [2.45, 2.75) is 39.3 Å². The molecule has 1 unspecified atom stereocenters. The zero-order chi connectivity index (χ0) is 20.4. The van der Waals surface area contributed by atoms with E-state index in [0.717, 1.165) is 48.4 Å². The summed E-state index contributed by atoms with van der Waals surface area (Å²) >= 11 is 1.63. The molecule has 1 N–H and O–H groups in total. The molecule has 0 fully saturated rings. The van der Waals surface area contributed by atoms with E-state index in [9.17, 15) is 0 Å². The van der Waals surface area contributed by atoms with E-state index >= 15 is 0 Å². The lowest BCUT2D eigenvalue weighted by molar-refractivity contribution is 0.119. The molecule has 2 aromatic rings. The number of hydrogen-bond acceptors (Lipinski definition) is 5. The van der Waals surface area contributed by atoms with Gasteiger partial charge in [0.2, 0.25) is 0 Å². The summed E-state index contributed by atoms with van der Waals surface area (Å²) in [5, 5.41) is 6.49. The Kier molecular flexibility index (Phi) is 9.23. The molecule has 1 aromatic heterocycles. The third-order valence-corrected chi connectivity index (χ3v) is 5.44. The van der Waals surface area contributed by atoms with Crippen LogP contribution in [0.1, 0.15) is 42.1 Å². The van der Waals surface area contributed by atoms with Crippen LogP contribution in [0.15, 0.2) is 34.6 Å². The molecule has 0 amide bonds. The maximum absolute atomic E-state index is 5.77. The number of ether oxygens (including phenoxy) is 2. The number of nitrogens with one attached hydrogen (secondary N) is 1. The number of guanidine groups is 1. The second-order valence-electron chi connectivity index (χ2n) is 6.75. The molecule has 1 atom stereocenters. The van der Waals surface area contributed by atoms with E-state index in [-0.39, 0.29) is 6.10 Å². The normalized spacial score (nSPS) is 12.7. The van der Waals surface area contributed by atoms with Crippen molar-refractivity contribution < 1.29 is 9.47 Å². The zero-order valence-corrected chi connectivity index (χ0v) is 18.4. The van der Waals surface area contributed by atoms with Crippen LogP contribution in [0.4, 0.5) is 0 Å². The number of thiazole rings is 1. The van der Waals surface area contributed by atoms with Crippen molar-refractivity contribution in [1.29, 1.82) is 0 Å². The summed E-state index contributed by atoms with van der Waals surface area (Å²) in [4.78, 5) is 11.1. The molecule has 0 aliphatic heterocycles. The van der Waals surface area contributed by atoms with Crippen LogP contribution in [0.25, 0.3) is 0 Å². The highest BCUT2D eigenvalue weighted by atomic mass is 32.1. The summed E-state index contributed by atoms with van der Waals surface area (Å²) in [7, 11) is 5.53. The predicted octanol–water partition coefficient (Wildman–Crippen LogP) is 4.03. The summed E-state index contributed by atoms with van der Waals surface area (Å²) in [5.74, 6) is 1.80. The lowest BCUT2D eigenvalue weighted by Gasteiger charge is -2.21. The Hall–Kier alpha value is -2.12. The molecule has 28 heavy (non-hydrogen) atoms. The zero-order valence-electron chi connectivity index (χ0n) is 17.6. The maximum atomic E-state index is 5.77. The number of methoxy groups -OCH3 is 1. The lowest BCUT2D eigenvalue weighted by atomic mass is 10.2. The average molecular weight is 405 g/mol. The number of hydrogen-bond donors (Lipinski definition) is 1.